The van der Waals surface area contributed by atoms with Crippen LogP contribution in [0, 0.1) is 5.82 Å². The SMILES string of the molecule is CCC(C(=O)O)N(C)c1ccc(O)c(F)c1. The third kappa shape index (κ3) is 2.42. The molecule has 0 heterocycles. The summed E-state index contributed by atoms with van der Waals surface area (Å²) in [6, 6.07) is 3.09. The fourth-order valence-electron chi connectivity index (χ4n) is 1.51. The van der Waals surface area contributed by atoms with Gasteiger partial charge in [-0.05, 0) is 18.6 Å². The lowest BCUT2D eigenvalue weighted by atomic mass is 10.1. The summed E-state index contributed by atoms with van der Waals surface area (Å²) >= 11 is 0. The number of aliphatic carboxylic acids is 1. The minimum atomic E-state index is -0.960. The molecule has 1 unspecified atom stereocenters. The molecule has 0 aromatic heterocycles. The Morgan fingerprint density at radius 2 is 2.19 bits per heavy atom. The van der Waals surface area contributed by atoms with Crippen LogP contribution in [-0.4, -0.2) is 29.3 Å². The summed E-state index contributed by atoms with van der Waals surface area (Å²) in [6.45, 7) is 1.74. The van der Waals surface area contributed by atoms with Crippen molar-refractivity contribution >= 4 is 11.7 Å². The highest BCUT2D eigenvalue weighted by Gasteiger charge is 2.21. The van der Waals surface area contributed by atoms with Crippen LogP contribution in [0.2, 0.25) is 0 Å². The number of anilines is 1. The van der Waals surface area contributed by atoms with Crippen molar-refractivity contribution < 1.29 is 19.4 Å². The van der Waals surface area contributed by atoms with Crippen LogP contribution in [0.5, 0.6) is 5.75 Å². The van der Waals surface area contributed by atoms with Gasteiger partial charge in [-0.3, -0.25) is 0 Å². The van der Waals surface area contributed by atoms with Gasteiger partial charge in [0.2, 0.25) is 0 Å². The molecule has 0 bridgehead atoms. The van der Waals surface area contributed by atoms with Crippen LogP contribution in [-0.2, 0) is 4.79 Å². The van der Waals surface area contributed by atoms with Crippen LogP contribution in [0.25, 0.3) is 0 Å². The lowest BCUT2D eigenvalue weighted by Gasteiger charge is -2.25. The monoisotopic (exact) mass is 227 g/mol. The molecule has 1 aromatic carbocycles. The third-order valence-electron chi connectivity index (χ3n) is 2.48. The number of carboxylic acids is 1. The van der Waals surface area contributed by atoms with Crippen LogP contribution >= 0.6 is 0 Å². The Balaban J connectivity index is 2.99. The van der Waals surface area contributed by atoms with Crippen LogP contribution in [0.4, 0.5) is 10.1 Å². The van der Waals surface area contributed by atoms with Gasteiger partial charge in [-0.1, -0.05) is 6.92 Å². The highest BCUT2D eigenvalue weighted by atomic mass is 19.1. The first-order valence-electron chi connectivity index (χ1n) is 4.91. The van der Waals surface area contributed by atoms with Crippen LogP contribution in [0.3, 0.4) is 0 Å². The minimum absolute atomic E-state index is 0.411. The van der Waals surface area contributed by atoms with E-state index < -0.39 is 23.6 Å². The average molecular weight is 227 g/mol. The van der Waals surface area contributed by atoms with Crippen molar-refractivity contribution in [1.29, 1.82) is 0 Å². The van der Waals surface area contributed by atoms with E-state index >= 15 is 0 Å². The quantitative estimate of drug-likeness (QED) is 0.823. The molecule has 0 amide bonds. The van der Waals surface area contributed by atoms with Crippen molar-refractivity contribution in [3.8, 4) is 5.75 Å². The van der Waals surface area contributed by atoms with E-state index in [1.165, 1.54) is 17.0 Å². The molecule has 4 nitrogen and oxygen atoms in total. The van der Waals surface area contributed by atoms with E-state index in [-0.39, 0.29) is 0 Å². The van der Waals surface area contributed by atoms with Crippen molar-refractivity contribution in [3.63, 3.8) is 0 Å². The molecule has 5 heteroatoms. The largest absolute Gasteiger partial charge is 0.505 e. The molecule has 0 radical (unpaired) electrons. The molecule has 0 aliphatic rings. The minimum Gasteiger partial charge on any atom is -0.505 e. The van der Waals surface area contributed by atoms with E-state index in [0.717, 1.165) is 6.07 Å². The second-order valence-corrected chi connectivity index (χ2v) is 3.51. The topological polar surface area (TPSA) is 60.8 Å². The summed E-state index contributed by atoms with van der Waals surface area (Å²) in [5, 5.41) is 18.0. The summed E-state index contributed by atoms with van der Waals surface area (Å²) < 4.78 is 13.1. The number of aromatic hydroxyl groups is 1. The zero-order chi connectivity index (χ0) is 12.3. The van der Waals surface area contributed by atoms with Gasteiger partial charge in [0.05, 0.1) is 0 Å². The number of benzene rings is 1. The Morgan fingerprint density at radius 1 is 1.56 bits per heavy atom. The van der Waals surface area contributed by atoms with E-state index in [1.54, 1.807) is 14.0 Å². The fraction of sp³-hybridized carbons (Fsp3) is 0.364. The first-order valence-corrected chi connectivity index (χ1v) is 4.91. The van der Waals surface area contributed by atoms with Gasteiger partial charge >= 0.3 is 5.97 Å². The number of hydrogen-bond donors (Lipinski definition) is 2. The maximum atomic E-state index is 13.1. The molecule has 16 heavy (non-hydrogen) atoms. The van der Waals surface area contributed by atoms with Crippen LogP contribution < -0.4 is 4.90 Å². The Hall–Kier alpha value is -1.78. The first-order chi connectivity index (χ1) is 7.47. The molecule has 0 saturated carbocycles. The van der Waals surface area contributed by atoms with Gasteiger partial charge in [0.25, 0.3) is 0 Å². The zero-order valence-corrected chi connectivity index (χ0v) is 9.14. The number of phenols is 1. The maximum Gasteiger partial charge on any atom is 0.326 e. The van der Waals surface area contributed by atoms with Gasteiger partial charge in [-0.15, -0.1) is 0 Å². The van der Waals surface area contributed by atoms with Gasteiger partial charge in [-0.25, -0.2) is 9.18 Å². The normalized spacial score (nSPS) is 12.2. The Labute approximate surface area is 92.9 Å². The Bertz CT molecular complexity index is 395. The molecular formula is C11H14FNO3. The molecule has 0 fully saturated rings. The molecule has 1 aromatic rings. The Kier molecular flexibility index (Phi) is 3.71. The lowest BCUT2D eigenvalue weighted by molar-refractivity contribution is -0.138. The smallest absolute Gasteiger partial charge is 0.326 e. The van der Waals surface area contributed by atoms with Gasteiger partial charge in [-0.2, -0.15) is 0 Å². The van der Waals surface area contributed by atoms with E-state index in [1.807, 2.05) is 0 Å². The van der Waals surface area contributed by atoms with E-state index in [0.29, 0.717) is 12.1 Å². The fourth-order valence-corrected chi connectivity index (χ4v) is 1.51. The van der Waals surface area contributed by atoms with Crippen LogP contribution in [0.1, 0.15) is 13.3 Å². The molecule has 0 aliphatic carbocycles. The Morgan fingerprint density at radius 3 is 2.62 bits per heavy atom. The second-order valence-electron chi connectivity index (χ2n) is 3.51. The molecule has 0 saturated heterocycles. The van der Waals surface area contributed by atoms with Crippen molar-refractivity contribution in [2.75, 3.05) is 11.9 Å². The molecule has 88 valence electrons. The lowest BCUT2D eigenvalue weighted by Crippen LogP contribution is -2.37. The number of halogens is 1. The maximum absolute atomic E-state index is 13.1. The molecule has 0 aliphatic heterocycles. The molecule has 1 rings (SSSR count). The molecule has 0 spiro atoms. The van der Waals surface area contributed by atoms with Crippen molar-refractivity contribution in [2.24, 2.45) is 0 Å². The van der Waals surface area contributed by atoms with Crippen LogP contribution in [0.15, 0.2) is 18.2 Å². The zero-order valence-electron chi connectivity index (χ0n) is 9.14. The van der Waals surface area contributed by atoms with E-state index in [2.05, 4.69) is 0 Å². The highest BCUT2D eigenvalue weighted by molar-refractivity contribution is 5.78. The summed E-state index contributed by atoms with van der Waals surface area (Å²) in [4.78, 5) is 12.4. The first kappa shape index (κ1) is 12.3. The second kappa shape index (κ2) is 4.83. The number of hydrogen-bond acceptors (Lipinski definition) is 3. The molecule has 2 N–H and O–H groups in total. The number of nitrogens with zero attached hydrogens (tertiary/aromatic N) is 1. The number of likely N-dealkylation sites (N-methyl/N-ethyl adjacent to an activating group) is 1. The summed E-state index contributed by atoms with van der Waals surface area (Å²) in [5.41, 5.74) is 0.421. The number of carbonyl (C=O) groups is 1. The van der Waals surface area contributed by atoms with Gasteiger partial charge < -0.3 is 15.1 Å². The van der Waals surface area contributed by atoms with Gasteiger partial charge in [0, 0.05) is 18.8 Å². The summed E-state index contributed by atoms with van der Waals surface area (Å²) in [7, 11) is 1.58. The number of carboxylic acid groups (broad SMARTS) is 1. The van der Waals surface area contributed by atoms with Gasteiger partial charge in [0.15, 0.2) is 11.6 Å². The molecule has 1 atom stereocenters. The molecular weight excluding hydrogens is 213 g/mol. The predicted octanol–water partition coefficient (Wildman–Crippen LogP) is 1.83. The highest BCUT2D eigenvalue weighted by Crippen LogP contribution is 2.23. The van der Waals surface area contributed by atoms with Gasteiger partial charge in [0.1, 0.15) is 6.04 Å². The van der Waals surface area contributed by atoms with Crippen molar-refractivity contribution in [2.45, 2.75) is 19.4 Å². The summed E-state index contributed by atoms with van der Waals surface area (Å²) in [6.07, 6.45) is 0.411. The summed E-state index contributed by atoms with van der Waals surface area (Å²) in [5.74, 6) is -2.16. The average Bonchev–Trinajstić information content (AvgIpc) is 2.22. The standard InChI is InChI=1S/C11H14FNO3/c1-3-9(11(15)16)13(2)7-4-5-10(14)8(12)6-7/h4-6,9,14H,3H2,1-2H3,(H,15,16). The van der Waals surface area contributed by atoms with Crippen molar-refractivity contribution in [1.82, 2.24) is 0 Å². The van der Waals surface area contributed by atoms with E-state index in [4.69, 9.17) is 10.2 Å². The van der Waals surface area contributed by atoms with E-state index in [9.17, 15) is 9.18 Å². The predicted molar refractivity (Wildman–Crippen MR) is 58.2 cm³/mol. The number of phenolic OH excluding ortho intramolecular Hbond substituents is 1. The van der Waals surface area contributed by atoms with Crippen molar-refractivity contribution in [3.05, 3.63) is 24.0 Å². The third-order valence-corrected chi connectivity index (χ3v) is 2.48. The number of rotatable bonds is 4.